The van der Waals surface area contributed by atoms with Gasteiger partial charge in [0.15, 0.2) is 28.7 Å². The fourth-order valence-electron chi connectivity index (χ4n) is 4.88. The summed E-state index contributed by atoms with van der Waals surface area (Å²) in [6, 6.07) is 11.4. The van der Waals surface area contributed by atoms with Crippen molar-refractivity contribution in [3.8, 4) is 62.7 Å². The number of hydrogen-bond acceptors (Lipinski definition) is 8. The summed E-state index contributed by atoms with van der Waals surface area (Å²) in [5.74, 6) is 1.62. The zero-order chi connectivity index (χ0) is 31.1. The van der Waals surface area contributed by atoms with Crippen molar-refractivity contribution >= 4 is 0 Å². The smallest absolute Gasteiger partial charge is 0.433 e. The molecule has 5 rings (SSSR count). The van der Waals surface area contributed by atoms with Gasteiger partial charge in [0.25, 0.3) is 5.95 Å². The molecule has 0 amide bonds. The quantitative estimate of drug-likeness (QED) is 0.214. The van der Waals surface area contributed by atoms with Crippen molar-refractivity contribution in [2.45, 2.75) is 20.0 Å². The van der Waals surface area contributed by atoms with E-state index in [1.165, 1.54) is 37.8 Å². The Morgan fingerprint density at radius 2 is 1.30 bits per heavy atom. The van der Waals surface area contributed by atoms with E-state index in [1.54, 1.807) is 56.6 Å². The van der Waals surface area contributed by atoms with Crippen LogP contribution in [0.4, 0.5) is 13.2 Å². The van der Waals surface area contributed by atoms with E-state index in [1.807, 2.05) is 6.92 Å². The first kappa shape index (κ1) is 29.4. The first-order valence-corrected chi connectivity index (χ1v) is 13.0. The van der Waals surface area contributed by atoms with E-state index >= 15 is 0 Å². The van der Waals surface area contributed by atoms with E-state index in [4.69, 9.17) is 24.0 Å². The lowest BCUT2D eigenvalue weighted by Crippen LogP contribution is -2.14. The van der Waals surface area contributed by atoms with Gasteiger partial charge in [0, 0.05) is 35.5 Å². The minimum absolute atomic E-state index is 0.0574. The van der Waals surface area contributed by atoms with Crippen LogP contribution in [0.25, 0.3) is 39.7 Å². The number of hydrogen-bond donors (Lipinski definition) is 0. The van der Waals surface area contributed by atoms with E-state index < -0.39 is 11.9 Å². The molecule has 0 bridgehead atoms. The van der Waals surface area contributed by atoms with Crippen LogP contribution in [-0.4, -0.2) is 58.0 Å². The monoisotopic (exact) mass is 594 g/mol. The molecule has 0 saturated heterocycles. The Bertz CT molecular complexity index is 1810. The zero-order valence-corrected chi connectivity index (χ0v) is 24.6. The molecule has 0 aliphatic heterocycles. The van der Waals surface area contributed by atoms with Gasteiger partial charge in [-0.25, -0.2) is 9.97 Å². The lowest BCUT2D eigenvalue weighted by atomic mass is 10.0. The summed E-state index contributed by atoms with van der Waals surface area (Å²) in [5, 5.41) is 9.05. The van der Waals surface area contributed by atoms with Gasteiger partial charge in [0.2, 0.25) is 0 Å². The average Bonchev–Trinajstić information content (AvgIpc) is 3.53. The molecule has 0 fully saturated rings. The van der Waals surface area contributed by atoms with Crippen LogP contribution >= 0.6 is 0 Å². The molecule has 0 saturated carbocycles. The number of aromatic nitrogens is 6. The SMILES string of the molecule is COc1ccc(-c2nn(-c3nc(-c4cn(C)nc4C)cc(C(F)(F)F)n3)c(-c3ccc(OC)c(OC)c3)c2C)cc1OC. The molecular weight excluding hydrogens is 565 g/mol. The predicted octanol–water partition coefficient (Wildman–Crippen LogP) is 6.07. The number of benzene rings is 2. The largest absolute Gasteiger partial charge is 0.493 e. The minimum atomic E-state index is -4.75. The molecule has 0 aliphatic rings. The topological polar surface area (TPSA) is 98.3 Å². The van der Waals surface area contributed by atoms with E-state index in [9.17, 15) is 13.2 Å². The second-order valence-corrected chi connectivity index (χ2v) is 9.61. The molecule has 0 radical (unpaired) electrons. The van der Waals surface area contributed by atoms with Gasteiger partial charge in [-0.05, 0) is 56.3 Å². The molecule has 10 nitrogen and oxygen atoms in total. The Kier molecular flexibility index (Phi) is 7.74. The van der Waals surface area contributed by atoms with Crippen LogP contribution in [-0.2, 0) is 13.2 Å². The highest BCUT2D eigenvalue weighted by molar-refractivity contribution is 5.78. The van der Waals surface area contributed by atoms with Crippen molar-refractivity contribution in [1.29, 1.82) is 0 Å². The third kappa shape index (κ3) is 5.45. The molecule has 43 heavy (non-hydrogen) atoms. The molecule has 13 heteroatoms. The average molecular weight is 595 g/mol. The van der Waals surface area contributed by atoms with Crippen molar-refractivity contribution in [2.24, 2.45) is 7.05 Å². The zero-order valence-electron chi connectivity index (χ0n) is 24.6. The molecule has 0 unspecified atom stereocenters. The van der Waals surface area contributed by atoms with Crippen molar-refractivity contribution in [1.82, 2.24) is 29.5 Å². The number of ether oxygens (including phenoxy) is 4. The summed E-state index contributed by atoms with van der Waals surface area (Å²) >= 11 is 0. The molecule has 5 aromatic rings. The molecule has 3 aromatic heterocycles. The highest BCUT2D eigenvalue weighted by Crippen LogP contribution is 2.40. The molecular formula is C30H29F3N6O4. The Hall–Kier alpha value is -5.07. The Labute approximate surface area is 245 Å². The van der Waals surface area contributed by atoms with Crippen LogP contribution in [0.5, 0.6) is 23.0 Å². The van der Waals surface area contributed by atoms with Crippen LogP contribution in [0, 0.1) is 13.8 Å². The summed E-state index contributed by atoms with van der Waals surface area (Å²) < 4.78 is 67.2. The van der Waals surface area contributed by atoms with Gasteiger partial charge in [-0.15, -0.1) is 0 Å². The third-order valence-electron chi connectivity index (χ3n) is 6.92. The van der Waals surface area contributed by atoms with Gasteiger partial charge in [0.05, 0.1) is 51.2 Å². The first-order valence-electron chi connectivity index (χ1n) is 13.0. The highest BCUT2D eigenvalue weighted by Gasteiger charge is 2.35. The molecule has 0 aliphatic carbocycles. The van der Waals surface area contributed by atoms with Crippen molar-refractivity contribution in [2.75, 3.05) is 28.4 Å². The van der Waals surface area contributed by atoms with E-state index in [0.717, 1.165) is 6.07 Å². The normalized spacial score (nSPS) is 11.5. The van der Waals surface area contributed by atoms with Crippen LogP contribution in [0.3, 0.4) is 0 Å². The van der Waals surface area contributed by atoms with Crippen LogP contribution in [0.15, 0.2) is 48.7 Å². The number of alkyl halides is 3. The fraction of sp³-hybridized carbons (Fsp3) is 0.267. The minimum Gasteiger partial charge on any atom is -0.493 e. The first-order chi connectivity index (χ1) is 20.5. The van der Waals surface area contributed by atoms with Gasteiger partial charge >= 0.3 is 6.18 Å². The Balaban J connectivity index is 1.83. The summed E-state index contributed by atoms with van der Waals surface area (Å²) in [6.07, 6.45) is -3.14. The molecule has 3 heterocycles. The van der Waals surface area contributed by atoms with Crippen LogP contribution in [0.1, 0.15) is 17.0 Å². The number of halogens is 3. The molecule has 2 aromatic carbocycles. The van der Waals surface area contributed by atoms with E-state index in [0.29, 0.717) is 62.3 Å². The number of methoxy groups -OCH3 is 4. The molecule has 0 N–H and O–H groups in total. The fourth-order valence-corrected chi connectivity index (χ4v) is 4.88. The molecule has 0 spiro atoms. The third-order valence-corrected chi connectivity index (χ3v) is 6.92. The predicted molar refractivity (Wildman–Crippen MR) is 153 cm³/mol. The van der Waals surface area contributed by atoms with Crippen molar-refractivity contribution < 1.29 is 32.1 Å². The second-order valence-electron chi connectivity index (χ2n) is 9.61. The van der Waals surface area contributed by atoms with Gasteiger partial charge in [0.1, 0.15) is 0 Å². The maximum Gasteiger partial charge on any atom is 0.433 e. The van der Waals surface area contributed by atoms with Gasteiger partial charge in [-0.1, -0.05) is 0 Å². The maximum absolute atomic E-state index is 14.2. The van der Waals surface area contributed by atoms with Crippen LogP contribution in [0.2, 0.25) is 0 Å². The lowest BCUT2D eigenvalue weighted by molar-refractivity contribution is -0.141. The standard InChI is InChI=1S/C30H29F3N6O4/c1-16-27(18-8-10-22(40-4)24(12-18)42-6)37-39(28(16)19-9-11-23(41-5)25(13-19)43-7)29-34-21(14-26(35-29)30(31,32)33)20-15-38(3)36-17(20)2/h8-15H,1-7H3. The van der Waals surface area contributed by atoms with Gasteiger partial charge < -0.3 is 18.9 Å². The summed E-state index contributed by atoms with van der Waals surface area (Å²) in [4.78, 5) is 8.51. The van der Waals surface area contributed by atoms with Gasteiger partial charge in [-0.3, -0.25) is 4.68 Å². The summed E-state index contributed by atoms with van der Waals surface area (Å²) in [7, 11) is 7.74. The van der Waals surface area contributed by atoms with E-state index in [2.05, 4.69) is 15.1 Å². The van der Waals surface area contributed by atoms with Gasteiger partial charge in [-0.2, -0.15) is 28.1 Å². The summed E-state index contributed by atoms with van der Waals surface area (Å²) in [5.41, 5.74) is 2.72. The maximum atomic E-state index is 14.2. The lowest BCUT2D eigenvalue weighted by Gasteiger charge is -2.14. The van der Waals surface area contributed by atoms with E-state index in [-0.39, 0.29) is 11.6 Å². The number of rotatable bonds is 8. The highest BCUT2D eigenvalue weighted by atomic mass is 19.4. The Morgan fingerprint density at radius 1 is 0.721 bits per heavy atom. The molecule has 224 valence electrons. The summed E-state index contributed by atoms with van der Waals surface area (Å²) in [6.45, 7) is 3.52. The number of nitrogens with zero attached hydrogens (tertiary/aromatic N) is 6. The van der Waals surface area contributed by atoms with Crippen molar-refractivity contribution in [3.63, 3.8) is 0 Å². The Morgan fingerprint density at radius 3 is 1.84 bits per heavy atom. The molecule has 0 atom stereocenters. The number of aryl methyl sites for hydroxylation is 2. The van der Waals surface area contributed by atoms with Crippen molar-refractivity contribution in [3.05, 3.63) is 65.6 Å². The second kappa shape index (κ2) is 11.3. The van der Waals surface area contributed by atoms with Crippen LogP contribution < -0.4 is 18.9 Å².